The average molecular weight is 374 g/mol. The molecule has 1 aromatic carbocycles. The lowest BCUT2D eigenvalue weighted by atomic mass is 10.0. The largest absolute Gasteiger partial charge is 0.348 e. The highest BCUT2D eigenvalue weighted by Gasteiger charge is 2.22. The number of rotatable bonds is 4. The van der Waals surface area contributed by atoms with Crippen LogP contribution in [0.1, 0.15) is 28.8 Å². The number of piperidine rings is 1. The summed E-state index contributed by atoms with van der Waals surface area (Å²) in [6.45, 7) is 2.86. The lowest BCUT2D eigenvalue weighted by molar-refractivity contribution is 0.0900. The van der Waals surface area contributed by atoms with Crippen LogP contribution < -0.4 is 5.32 Å². The van der Waals surface area contributed by atoms with E-state index >= 15 is 0 Å². The molecule has 1 aromatic heterocycles. The summed E-state index contributed by atoms with van der Waals surface area (Å²) in [5.41, 5.74) is 1.90. The van der Waals surface area contributed by atoms with Crippen LogP contribution in [0.3, 0.4) is 0 Å². The van der Waals surface area contributed by atoms with Crippen molar-refractivity contribution < 1.29 is 4.79 Å². The first-order valence-corrected chi connectivity index (χ1v) is 8.68. The van der Waals surface area contributed by atoms with Crippen molar-refractivity contribution in [2.45, 2.75) is 25.4 Å². The number of carbonyl (C=O) groups is 1. The molecule has 1 aliphatic rings. The van der Waals surface area contributed by atoms with Gasteiger partial charge in [-0.05, 0) is 43.1 Å². The lowest BCUT2D eigenvalue weighted by Gasteiger charge is -2.33. The van der Waals surface area contributed by atoms with Gasteiger partial charge in [-0.25, -0.2) is 0 Å². The standard InChI is InChI=1S/C18H20BrN3O/c19-17-8-2-1-5-15(17)12-22-10-4-7-16(13-22)21-18(23)14-6-3-9-20-11-14/h1-3,5-6,8-9,11,16H,4,7,10,12-13H2,(H,21,23). The molecule has 0 spiro atoms. The molecule has 2 aromatic rings. The van der Waals surface area contributed by atoms with Crippen molar-refractivity contribution in [2.24, 2.45) is 0 Å². The Morgan fingerprint density at radius 2 is 2.17 bits per heavy atom. The Labute approximate surface area is 145 Å². The maximum Gasteiger partial charge on any atom is 0.253 e. The van der Waals surface area contributed by atoms with E-state index in [1.54, 1.807) is 24.5 Å². The number of benzene rings is 1. The van der Waals surface area contributed by atoms with Gasteiger partial charge in [0.1, 0.15) is 0 Å². The second-order valence-corrected chi connectivity index (χ2v) is 6.74. The van der Waals surface area contributed by atoms with Gasteiger partial charge < -0.3 is 5.32 Å². The second kappa shape index (κ2) is 7.70. The Hall–Kier alpha value is -1.72. The molecule has 3 rings (SSSR count). The van der Waals surface area contributed by atoms with E-state index in [0.717, 1.165) is 36.9 Å². The highest BCUT2D eigenvalue weighted by Crippen LogP contribution is 2.20. The van der Waals surface area contributed by atoms with Gasteiger partial charge in [0.15, 0.2) is 0 Å². The van der Waals surface area contributed by atoms with Gasteiger partial charge in [-0.3, -0.25) is 14.7 Å². The van der Waals surface area contributed by atoms with E-state index in [1.807, 2.05) is 6.07 Å². The van der Waals surface area contributed by atoms with Crippen LogP contribution in [0.2, 0.25) is 0 Å². The zero-order valence-electron chi connectivity index (χ0n) is 12.9. The summed E-state index contributed by atoms with van der Waals surface area (Å²) in [5, 5.41) is 3.13. The number of nitrogens with one attached hydrogen (secondary N) is 1. The minimum atomic E-state index is -0.0363. The number of amides is 1. The van der Waals surface area contributed by atoms with Gasteiger partial charge in [0.05, 0.1) is 5.56 Å². The maximum atomic E-state index is 12.3. The van der Waals surface area contributed by atoms with Crippen molar-refractivity contribution in [3.63, 3.8) is 0 Å². The molecular formula is C18H20BrN3O. The van der Waals surface area contributed by atoms with Crippen LogP contribution in [0, 0.1) is 0 Å². The molecule has 0 saturated carbocycles. The summed E-state index contributed by atoms with van der Waals surface area (Å²) in [5.74, 6) is -0.0363. The monoisotopic (exact) mass is 373 g/mol. The lowest BCUT2D eigenvalue weighted by Crippen LogP contribution is -2.47. The zero-order valence-corrected chi connectivity index (χ0v) is 14.5. The van der Waals surface area contributed by atoms with Gasteiger partial charge in [-0.2, -0.15) is 0 Å². The van der Waals surface area contributed by atoms with Gasteiger partial charge in [0.2, 0.25) is 0 Å². The van der Waals surface area contributed by atoms with Gasteiger partial charge in [-0.1, -0.05) is 34.1 Å². The summed E-state index contributed by atoms with van der Waals surface area (Å²) < 4.78 is 1.14. The van der Waals surface area contributed by atoms with E-state index in [2.05, 4.69) is 49.3 Å². The Morgan fingerprint density at radius 1 is 1.30 bits per heavy atom. The molecule has 1 atom stereocenters. The topological polar surface area (TPSA) is 45.2 Å². The van der Waals surface area contributed by atoms with Gasteiger partial charge >= 0.3 is 0 Å². The number of hydrogen-bond acceptors (Lipinski definition) is 3. The Morgan fingerprint density at radius 3 is 2.96 bits per heavy atom. The van der Waals surface area contributed by atoms with Crippen LogP contribution in [0.5, 0.6) is 0 Å². The fourth-order valence-electron chi connectivity index (χ4n) is 2.95. The average Bonchev–Trinajstić information content (AvgIpc) is 2.58. The second-order valence-electron chi connectivity index (χ2n) is 5.88. The normalized spacial score (nSPS) is 18.6. The molecule has 1 aliphatic heterocycles. The molecule has 4 nitrogen and oxygen atoms in total. The molecule has 1 unspecified atom stereocenters. The zero-order chi connectivity index (χ0) is 16.1. The first-order chi connectivity index (χ1) is 11.2. The number of likely N-dealkylation sites (tertiary alicyclic amines) is 1. The number of carbonyl (C=O) groups excluding carboxylic acids is 1. The van der Waals surface area contributed by atoms with E-state index in [9.17, 15) is 4.79 Å². The fourth-order valence-corrected chi connectivity index (χ4v) is 3.36. The van der Waals surface area contributed by atoms with Crippen LogP contribution in [0.4, 0.5) is 0 Å². The molecule has 23 heavy (non-hydrogen) atoms. The van der Waals surface area contributed by atoms with Crippen LogP contribution in [-0.2, 0) is 6.54 Å². The van der Waals surface area contributed by atoms with Crippen LogP contribution >= 0.6 is 15.9 Å². The summed E-state index contributed by atoms with van der Waals surface area (Å²) in [6.07, 6.45) is 5.41. The van der Waals surface area contributed by atoms with Gasteiger partial charge in [0, 0.05) is 36.0 Å². The first kappa shape index (κ1) is 16.1. The summed E-state index contributed by atoms with van der Waals surface area (Å²) >= 11 is 3.61. The minimum Gasteiger partial charge on any atom is -0.348 e. The fraction of sp³-hybridized carbons (Fsp3) is 0.333. The molecule has 5 heteroatoms. The molecule has 1 N–H and O–H groups in total. The van der Waals surface area contributed by atoms with Crippen molar-refractivity contribution in [2.75, 3.05) is 13.1 Å². The van der Waals surface area contributed by atoms with Crippen LogP contribution in [-0.4, -0.2) is 34.9 Å². The molecule has 0 bridgehead atoms. The van der Waals surface area contributed by atoms with Crippen molar-refractivity contribution >= 4 is 21.8 Å². The number of pyridine rings is 1. The van der Waals surface area contributed by atoms with Crippen molar-refractivity contribution in [3.8, 4) is 0 Å². The summed E-state index contributed by atoms with van der Waals surface area (Å²) in [6, 6.07) is 12.1. The molecule has 1 amide bonds. The molecule has 1 fully saturated rings. The van der Waals surface area contributed by atoms with Gasteiger partial charge in [-0.15, -0.1) is 0 Å². The van der Waals surface area contributed by atoms with Crippen molar-refractivity contribution in [1.29, 1.82) is 0 Å². The van der Waals surface area contributed by atoms with Crippen LogP contribution in [0.15, 0.2) is 53.3 Å². The molecule has 120 valence electrons. The van der Waals surface area contributed by atoms with Gasteiger partial charge in [0.25, 0.3) is 5.91 Å². The minimum absolute atomic E-state index is 0.0363. The predicted octanol–water partition coefficient (Wildman–Crippen LogP) is 3.24. The smallest absolute Gasteiger partial charge is 0.253 e. The Bertz CT molecular complexity index is 662. The quantitative estimate of drug-likeness (QED) is 0.894. The Balaban J connectivity index is 1.58. The third-order valence-electron chi connectivity index (χ3n) is 4.12. The summed E-state index contributed by atoms with van der Waals surface area (Å²) in [4.78, 5) is 18.7. The molecular weight excluding hydrogens is 354 g/mol. The number of nitrogens with zero attached hydrogens (tertiary/aromatic N) is 2. The third-order valence-corrected chi connectivity index (χ3v) is 4.89. The maximum absolute atomic E-state index is 12.3. The van der Waals surface area contributed by atoms with Crippen molar-refractivity contribution in [1.82, 2.24) is 15.2 Å². The molecule has 0 aliphatic carbocycles. The number of aromatic nitrogens is 1. The predicted molar refractivity (Wildman–Crippen MR) is 94.1 cm³/mol. The van der Waals surface area contributed by atoms with E-state index in [-0.39, 0.29) is 11.9 Å². The number of hydrogen-bond donors (Lipinski definition) is 1. The molecule has 2 heterocycles. The highest BCUT2D eigenvalue weighted by atomic mass is 79.9. The van der Waals surface area contributed by atoms with E-state index in [4.69, 9.17) is 0 Å². The third kappa shape index (κ3) is 4.39. The summed E-state index contributed by atoms with van der Waals surface area (Å²) in [7, 11) is 0. The number of halogens is 1. The Kier molecular flexibility index (Phi) is 5.41. The van der Waals surface area contributed by atoms with E-state index < -0.39 is 0 Å². The van der Waals surface area contributed by atoms with Crippen molar-refractivity contribution in [3.05, 3.63) is 64.4 Å². The molecule has 1 saturated heterocycles. The highest BCUT2D eigenvalue weighted by molar-refractivity contribution is 9.10. The first-order valence-electron chi connectivity index (χ1n) is 7.89. The van der Waals surface area contributed by atoms with E-state index in [0.29, 0.717) is 5.56 Å². The van der Waals surface area contributed by atoms with E-state index in [1.165, 1.54) is 5.56 Å². The molecule has 0 radical (unpaired) electrons. The SMILES string of the molecule is O=C(NC1CCCN(Cc2ccccc2Br)C1)c1cccnc1. The van der Waals surface area contributed by atoms with Crippen LogP contribution in [0.25, 0.3) is 0 Å².